The smallest absolute Gasteiger partial charge is 0.123 e. The lowest BCUT2D eigenvalue weighted by molar-refractivity contribution is 0.0679. The molecular formula is C11H13FO2. The van der Waals surface area contributed by atoms with Crippen molar-refractivity contribution in [1.29, 1.82) is 0 Å². The van der Waals surface area contributed by atoms with Crippen molar-refractivity contribution in [3.05, 3.63) is 30.1 Å². The van der Waals surface area contributed by atoms with Crippen molar-refractivity contribution < 1.29 is 13.9 Å². The van der Waals surface area contributed by atoms with Gasteiger partial charge in [0.15, 0.2) is 0 Å². The maximum absolute atomic E-state index is 12.5. The summed E-state index contributed by atoms with van der Waals surface area (Å²) in [5.74, 6) is 0.455. The monoisotopic (exact) mass is 196 g/mol. The quantitative estimate of drug-likeness (QED) is 0.739. The summed E-state index contributed by atoms with van der Waals surface area (Å²) < 4.78 is 23.4. The van der Waals surface area contributed by atoms with Gasteiger partial charge in [-0.05, 0) is 37.1 Å². The van der Waals surface area contributed by atoms with Crippen molar-refractivity contribution in [1.82, 2.24) is 0 Å². The van der Waals surface area contributed by atoms with Gasteiger partial charge in [0.2, 0.25) is 0 Å². The fourth-order valence-electron chi connectivity index (χ4n) is 1.50. The van der Waals surface area contributed by atoms with Crippen LogP contribution in [0.5, 0.6) is 5.75 Å². The van der Waals surface area contributed by atoms with Crippen molar-refractivity contribution >= 4 is 0 Å². The first-order chi connectivity index (χ1) is 6.84. The molecule has 1 aromatic carbocycles. The summed E-state index contributed by atoms with van der Waals surface area (Å²) in [6, 6.07) is 6.05. The molecule has 1 unspecified atom stereocenters. The van der Waals surface area contributed by atoms with Crippen LogP contribution in [0.4, 0.5) is 4.39 Å². The van der Waals surface area contributed by atoms with Crippen LogP contribution in [0.3, 0.4) is 0 Å². The van der Waals surface area contributed by atoms with E-state index in [0.717, 1.165) is 19.4 Å². The van der Waals surface area contributed by atoms with Crippen molar-refractivity contribution in [3.8, 4) is 5.75 Å². The predicted octanol–water partition coefficient (Wildman–Crippen LogP) is 2.38. The number of benzene rings is 1. The molecule has 0 bridgehead atoms. The van der Waals surface area contributed by atoms with E-state index < -0.39 is 0 Å². The molecule has 1 fully saturated rings. The van der Waals surface area contributed by atoms with Gasteiger partial charge in [0.1, 0.15) is 18.2 Å². The molecule has 14 heavy (non-hydrogen) atoms. The van der Waals surface area contributed by atoms with E-state index in [1.54, 1.807) is 12.1 Å². The summed E-state index contributed by atoms with van der Waals surface area (Å²) in [7, 11) is 0. The molecule has 0 N–H and O–H groups in total. The number of ether oxygens (including phenoxy) is 2. The van der Waals surface area contributed by atoms with Gasteiger partial charge in [-0.15, -0.1) is 0 Å². The second kappa shape index (κ2) is 4.42. The molecule has 3 heteroatoms. The highest BCUT2D eigenvalue weighted by molar-refractivity contribution is 5.22. The third-order valence-corrected chi connectivity index (χ3v) is 2.27. The van der Waals surface area contributed by atoms with Gasteiger partial charge in [0.05, 0.1) is 6.10 Å². The van der Waals surface area contributed by atoms with Crippen molar-refractivity contribution in [2.75, 3.05) is 13.2 Å². The van der Waals surface area contributed by atoms with E-state index in [4.69, 9.17) is 9.47 Å². The Bertz CT molecular complexity index is 278. The van der Waals surface area contributed by atoms with Crippen LogP contribution in [-0.2, 0) is 4.74 Å². The van der Waals surface area contributed by atoms with Gasteiger partial charge in [-0.2, -0.15) is 0 Å². The molecule has 0 radical (unpaired) electrons. The van der Waals surface area contributed by atoms with Crippen LogP contribution in [0.25, 0.3) is 0 Å². The van der Waals surface area contributed by atoms with Crippen LogP contribution in [-0.4, -0.2) is 19.3 Å². The van der Waals surface area contributed by atoms with Gasteiger partial charge in [-0.25, -0.2) is 4.39 Å². The Morgan fingerprint density at radius 3 is 2.79 bits per heavy atom. The molecule has 0 saturated carbocycles. The molecule has 1 aliphatic rings. The molecular weight excluding hydrogens is 183 g/mol. The number of hydrogen-bond acceptors (Lipinski definition) is 2. The lowest BCUT2D eigenvalue weighted by Crippen LogP contribution is -2.16. The molecule has 0 amide bonds. The maximum atomic E-state index is 12.5. The summed E-state index contributed by atoms with van der Waals surface area (Å²) in [6.07, 6.45) is 2.37. The minimum Gasteiger partial charge on any atom is -0.491 e. The molecule has 0 aromatic heterocycles. The highest BCUT2D eigenvalue weighted by atomic mass is 19.1. The number of rotatable bonds is 3. The van der Waals surface area contributed by atoms with E-state index >= 15 is 0 Å². The molecule has 1 aliphatic heterocycles. The molecule has 1 heterocycles. The second-order valence-corrected chi connectivity index (χ2v) is 3.40. The third kappa shape index (κ3) is 2.45. The Morgan fingerprint density at radius 1 is 1.36 bits per heavy atom. The normalized spacial score (nSPS) is 21.1. The molecule has 0 spiro atoms. The molecule has 2 rings (SSSR count). The summed E-state index contributed by atoms with van der Waals surface area (Å²) in [5.41, 5.74) is 0. The first kappa shape index (κ1) is 9.46. The Kier molecular flexibility index (Phi) is 2.99. The molecule has 1 atom stereocenters. The largest absolute Gasteiger partial charge is 0.491 e. The van der Waals surface area contributed by atoms with E-state index in [1.807, 2.05) is 0 Å². The van der Waals surface area contributed by atoms with Crippen LogP contribution in [0.15, 0.2) is 24.3 Å². The maximum Gasteiger partial charge on any atom is 0.123 e. The Morgan fingerprint density at radius 2 is 2.14 bits per heavy atom. The van der Waals surface area contributed by atoms with Gasteiger partial charge in [0.25, 0.3) is 0 Å². The van der Waals surface area contributed by atoms with E-state index in [1.165, 1.54) is 12.1 Å². The standard InChI is InChI=1S/C11H13FO2/c12-9-3-5-10(6-4-9)14-8-11-2-1-7-13-11/h3-6,11H,1-2,7-8H2. The molecule has 0 aliphatic carbocycles. The minimum absolute atomic E-state index is 0.208. The summed E-state index contributed by atoms with van der Waals surface area (Å²) in [4.78, 5) is 0. The summed E-state index contributed by atoms with van der Waals surface area (Å²) in [5, 5.41) is 0. The van der Waals surface area contributed by atoms with Gasteiger partial charge in [-0.1, -0.05) is 0 Å². The molecule has 1 saturated heterocycles. The van der Waals surface area contributed by atoms with Gasteiger partial charge in [0, 0.05) is 6.61 Å². The highest BCUT2D eigenvalue weighted by Gasteiger charge is 2.15. The number of hydrogen-bond donors (Lipinski definition) is 0. The Balaban J connectivity index is 1.82. The molecule has 1 aromatic rings. The topological polar surface area (TPSA) is 18.5 Å². The predicted molar refractivity (Wildman–Crippen MR) is 50.9 cm³/mol. The molecule has 76 valence electrons. The average Bonchev–Trinajstić information content (AvgIpc) is 2.70. The van der Waals surface area contributed by atoms with Crippen molar-refractivity contribution in [2.24, 2.45) is 0 Å². The second-order valence-electron chi connectivity index (χ2n) is 3.40. The van der Waals surface area contributed by atoms with Gasteiger partial charge in [-0.3, -0.25) is 0 Å². The van der Waals surface area contributed by atoms with E-state index in [0.29, 0.717) is 12.4 Å². The van der Waals surface area contributed by atoms with E-state index in [2.05, 4.69) is 0 Å². The van der Waals surface area contributed by atoms with Crippen LogP contribution in [0.1, 0.15) is 12.8 Å². The first-order valence-corrected chi connectivity index (χ1v) is 4.84. The summed E-state index contributed by atoms with van der Waals surface area (Å²) in [6.45, 7) is 1.39. The SMILES string of the molecule is Fc1ccc(OCC2CCCO2)cc1. The molecule has 2 nitrogen and oxygen atoms in total. The number of halogens is 1. The highest BCUT2D eigenvalue weighted by Crippen LogP contribution is 2.15. The zero-order valence-electron chi connectivity index (χ0n) is 7.91. The fourth-order valence-corrected chi connectivity index (χ4v) is 1.50. The average molecular weight is 196 g/mol. The van der Waals surface area contributed by atoms with E-state index in [9.17, 15) is 4.39 Å². The lowest BCUT2D eigenvalue weighted by Gasteiger charge is -2.10. The van der Waals surface area contributed by atoms with Gasteiger partial charge < -0.3 is 9.47 Å². The lowest BCUT2D eigenvalue weighted by atomic mass is 10.2. The Hall–Kier alpha value is -1.09. The van der Waals surface area contributed by atoms with Crippen molar-refractivity contribution in [3.63, 3.8) is 0 Å². The fraction of sp³-hybridized carbons (Fsp3) is 0.455. The minimum atomic E-state index is -0.241. The summed E-state index contributed by atoms with van der Waals surface area (Å²) >= 11 is 0. The van der Waals surface area contributed by atoms with Crippen molar-refractivity contribution in [2.45, 2.75) is 18.9 Å². The first-order valence-electron chi connectivity index (χ1n) is 4.84. The van der Waals surface area contributed by atoms with E-state index in [-0.39, 0.29) is 11.9 Å². The van der Waals surface area contributed by atoms with Crippen LogP contribution >= 0.6 is 0 Å². The zero-order chi connectivity index (χ0) is 9.80. The Labute approximate surface area is 82.6 Å². The van der Waals surface area contributed by atoms with Gasteiger partial charge >= 0.3 is 0 Å². The zero-order valence-corrected chi connectivity index (χ0v) is 7.91. The van der Waals surface area contributed by atoms with Crippen LogP contribution in [0.2, 0.25) is 0 Å². The van der Waals surface area contributed by atoms with Crippen LogP contribution in [0, 0.1) is 5.82 Å². The third-order valence-electron chi connectivity index (χ3n) is 2.27. The van der Waals surface area contributed by atoms with Crippen LogP contribution < -0.4 is 4.74 Å².